The van der Waals surface area contributed by atoms with E-state index in [1.54, 1.807) is 7.11 Å². The molecular formula is C14H21NO2. The van der Waals surface area contributed by atoms with E-state index in [1.807, 2.05) is 18.2 Å². The fourth-order valence-corrected chi connectivity index (χ4v) is 2.10. The lowest BCUT2D eigenvalue weighted by Gasteiger charge is -2.23. The van der Waals surface area contributed by atoms with Crippen LogP contribution in [0.2, 0.25) is 0 Å². The van der Waals surface area contributed by atoms with Crippen LogP contribution < -0.4 is 10.1 Å². The molecule has 1 saturated heterocycles. The van der Waals surface area contributed by atoms with Crippen LogP contribution in [0.5, 0.6) is 5.75 Å². The van der Waals surface area contributed by atoms with Gasteiger partial charge in [0.2, 0.25) is 0 Å². The molecule has 0 spiro atoms. The number of methoxy groups -OCH3 is 1. The second kappa shape index (κ2) is 5.07. The predicted molar refractivity (Wildman–Crippen MR) is 68.4 cm³/mol. The molecule has 0 saturated carbocycles. The van der Waals surface area contributed by atoms with Gasteiger partial charge in [-0.3, -0.25) is 0 Å². The van der Waals surface area contributed by atoms with Gasteiger partial charge in [0, 0.05) is 24.3 Å². The highest BCUT2D eigenvalue weighted by atomic mass is 16.5. The number of nitrogens with one attached hydrogen (secondary N) is 1. The Morgan fingerprint density at radius 3 is 2.88 bits per heavy atom. The summed E-state index contributed by atoms with van der Waals surface area (Å²) in [5.41, 5.74) is 1.27. The Hall–Kier alpha value is -1.06. The molecule has 0 radical (unpaired) electrons. The Kier molecular flexibility index (Phi) is 3.69. The SMILES string of the molecule is COc1ccccc1C1CNC(C)(C)CCO1. The van der Waals surface area contributed by atoms with E-state index in [0.29, 0.717) is 0 Å². The lowest BCUT2D eigenvalue weighted by atomic mass is 10.0. The summed E-state index contributed by atoms with van der Waals surface area (Å²) >= 11 is 0. The Balaban J connectivity index is 2.17. The van der Waals surface area contributed by atoms with Gasteiger partial charge >= 0.3 is 0 Å². The highest BCUT2D eigenvalue weighted by Gasteiger charge is 2.26. The van der Waals surface area contributed by atoms with Crippen LogP contribution >= 0.6 is 0 Å². The number of ether oxygens (including phenoxy) is 2. The zero-order valence-corrected chi connectivity index (χ0v) is 10.8. The average molecular weight is 235 g/mol. The molecule has 1 aromatic rings. The Bertz CT molecular complexity index is 376. The van der Waals surface area contributed by atoms with E-state index in [2.05, 4.69) is 25.2 Å². The normalized spacial score (nSPS) is 24.1. The molecule has 1 heterocycles. The molecule has 1 aliphatic rings. The lowest BCUT2D eigenvalue weighted by Crippen LogP contribution is -2.39. The molecule has 1 atom stereocenters. The van der Waals surface area contributed by atoms with Gasteiger partial charge in [0.1, 0.15) is 5.75 Å². The molecule has 2 rings (SSSR count). The zero-order valence-electron chi connectivity index (χ0n) is 10.8. The van der Waals surface area contributed by atoms with Crippen molar-refractivity contribution in [2.24, 2.45) is 0 Å². The third kappa shape index (κ3) is 2.99. The Morgan fingerprint density at radius 1 is 1.35 bits per heavy atom. The highest BCUT2D eigenvalue weighted by molar-refractivity contribution is 5.35. The molecule has 1 aliphatic heterocycles. The van der Waals surface area contributed by atoms with Crippen molar-refractivity contribution >= 4 is 0 Å². The fraction of sp³-hybridized carbons (Fsp3) is 0.571. The van der Waals surface area contributed by atoms with E-state index >= 15 is 0 Å². The van der Waals surface area contributed by atoms with E-state index in [0.717, 1.165) is 30.9 Å². The molecule has 1 unspecified atom stereocenters. The average Bonchev–Trinajstić information content (AvgIpc) is 2.50. The van der Waals surface area contributed by atoms with Crippen LogP contribution in [0.3, 0.4) is 0 Å². The first kappa shape index (κ1) is 12.4. The van der Waals surface area contributed by atoms with Crippen molar-refractivity contribution in [2.45, 2.75) is 31.9 Å². The number of para-hydroxylation sites is 1. The van der Waals surface area contributed by atoms with Gasteiger partial charge in [0.25, 0.3) is 0 Å². The van der Waals surface area contributed by atoms with Crippen molar-refractivity contribution in [3.05, 3.63) is 29.8 Å². The second-order valence-corrected chi connectivity index (χ2v) is 5.12. The van der Waals surface area contributed by atoms with Crippen molar-refractivity contribution in [1.29, 1.82) is 0 Å². The summed E-state index contributed by atoms with van der Waals surface area (Å²) < 4.78 is 11.3. The smallest absolute Gasteiger partial charge is 0.124 e. The van der Waals surface area contributed by atoms with Gasteiger partial charge in [-0.1, -0.05) is 18.2 Å². The molecule has 3 nitrogen and oxygen atoms in total. The maximum atomic E-state index is 5.92. The summed E-state index contributed by atoms with van der Waals surface area (Å²) in [5, 5.41) is 3.54. The quantitative estimate of drug-likeness (QED) is 0.854. The standard InChI is InChI=1S/C14H21NO2/c1-14(2)8-9-17-13(10-15-14)11-6-4-5-7-12(11)16-3/h4-7,13,15H,8-10H2,1-3H3. The van der Waals surface area contributed by atoms with Gasteiger partial charge in [-0.05, 0) is 26.3 Å². The maximum Gasteiger partial charge on any atom is 0.124 e. The third-order valence-electron chi connectivity index (χ3n) is 3.30. The second-order valence-electron chi connectivity index (χ2n) is 5.12. The van der Waals surface area contributed by atoms with Gasteiger partial charge in [-0.25, -0.2) is 0 Å². The molecule has 1 fully saturated rings. The van der Waals surface area contributed by atoms with E-state index < -0.39 is 0 Å². The van der Waals surface area contributed by atoms with Gasteiger partial charge in [-0.2, -0.15) is 0 Å². The summed E-state index contributed by atoms with van der Waals surface area (Å²) in [4.78, 5) is 0. The number of rotatable bonds is 2. The summed E-state index contributed by atoms with van der Waals surface area (Å²) in [5.74, 6) is 0.902. The van der Waals surface area contributed by atoms with Crippen LogP contribution in [0, 0.1) is 0 Å². The van der Waals surface area contributed by atoms with Crippen LogP contribution in [0.4, 0.5) is 0 Å². The summed E-state index contributed by atoms with van der Waals surface area (Å²) in [6.45, 7) is 6.03. The molecule has 94 valence electrons. The first-order chi connectivity index (χ1) is 8.12. The third-order valence-corrected chi connectivity index (χ3v) is 3.30. The monoisotopic (exact) mass is 235 g/mol. The van der Waals surface area contributed by atoms with Crippen LogP contribution in [-0.4, -0.2) is 25.8 Å². The molecule has 1 N–H and O–H groups in total. The minimum Gasteiger partial charge on any atom is -0.496 e. The fourth-order valence-electron chi connectivity index (χ4n) is 2.10. The first-order valence-corrected chi connectivity index (χ1v) is 6.12. The van der Waals surface area contributed by atoms with Crippen molar-refractivity contribution in [1.82, 2.24) is 5.32 Å². The van der Waals surface area contributed by atoms with E-state index in [9.17, 15) is 0 Å². The molecule has 1 aromatic carbocycles. The predicted octanol–water partition coefficient (Wildman–Crippen LogP) is 2.52. The lowest BCUT2D eigenvalue weighted by molar-refractivity contribution is 0.0639. The molecule has 3 heteroatoms. The maximum absolute atomic E-state index is 5.92. The van der Waals surface area contributed by atoms with E-state index in [-0.39, 0.29) is 11.6 Å². The van der Waals surface area contributed by atoms with Gasteiger partial charge in [-0.15, -0.1) is 0 Å². The zero-order chi connectivity index (χ0) is 12.3. The van der Waals surface area contributed by atoms with Gasteiger partial charge in [0.05, 0.1) is 13.2 Å². The van der Waals surface area contributed by atoms with Crippen molar-refractivity contribution in [3.8, 4) is 5.75 Å². The number of hydrogen-bond acceptors (Lipinski definition) is 3. The Labute approximate surface area is 103 Å². The summed E-state index contributed by atoms with van der Waals surface area (Å²) in [6, 6.07) is 8.06. The van der Waals surface area contributed by atoms with E-state index in [1.165, 1.54) is 0 Å². The van der Waals surface area contributed by atoms with Crippen molar-refractivity contribution in [2.75, 3.05) is 20.3 Å². The molecule has 0 amide bonds. The van der Waals surface area contributed by atoms with Crippen molar-refractivity contribution < 1.29 is 9.47 Å². The van der Waals surface area contributed by atoms with Crippen LogP contribution in [0.1, 0.15) is 31.9 Å². The minimum atomic E-state index is 0.0768. The largest absolute Gasteiger partial charge is 0.496 e. The summed E-state index contributed by atoms with van der Waals surface area (Å²) in [7, 11) is 1.70. The Morgan fingerprint density at radius 2 is 2.12 bits per heavy atom. The van der Waals surface area contributed by atoms with E-state index in [4.69, 9.17) is 9.47 Å². The molecule has 17 heavy (non-hydrogen) atoms. The molecule has 0 aromatic heterocycles. The highest BCUT2D eigenvalue weighted by Crippen LogP contribution is 2.29. The van der Waals surface area contributed by atoms with Crippen LogP contribution in [0.25, 0.3) is 0 Å². The van der Waals surface area contributed by atoms with Crippen LogP contribution in [0.15, 0.2) is 24.3 Å². The topological polar surface area (TPSA) is 30.5 Å². The number of hydrogen-bond donors (Lipinski definition) is 1. The first-order valence-electron chi connectivity index (χ1n) is 6.12. The van der Waals surface area contributed by atoms with Crippen LogP contribution in [-0.2, 0) is 4.74 Å². The minimum absolute atomic E-state index is 0.0768. The molecule has 0 bridgehead atoms. The van der Waals surface area contributed by atoms with Crippen molar-refractivity contribution in [3.63, 3.8) is 0 Å². The molecular weight excluding hydrogens is 214 g/mol. The van der Waals surface area contributed by atoms with Gasteiger partial charge < -0.3 is 14.8 Å². The number of benzene rings is 1. The molecule has 0 aliphatic carbocycles. The summed E-state index contributed by atoms with van der Waals surface area (Å²) in [6.07, 6.45) is 1.10. The van der Waals surface area contributed by atoms with Gasteiger partial charge in [0.15, 0.2) is 0 Å².